The van der Waals surface area contributed by atoms with Gasteiger partial charge in [-0.3, -0.25) is 9.78 Å². The van der Waals surface area contributed by atoms with Crippen molar-refractivity contribution in [2.24, 2.45) is 5.73 Å². The number of nitrogens with one attached hydrogen (secondary N) is 2. The highest BCUT2D eigenvalue weighted by Crippen LogP contribution is 2.38. The van der Waals surface area contributed by atoms with Crippen molar-refractivity contribution in [2.45, 2.75) is 40.3 Å². The van der Waals surface area contributed by atoms with E-state index in [4.69, 9.17) is 15.2 Å². The number of rotatable bonds is 12. The molecule has 4 N–H and O–H groups in total. The number of anilines is 2. The predicted molar refractivity (Wildman–Crippen MR) is 149 cm³/mol. The third-order valence-corrected chi connectivity index (χ3v) is 6.17. The van der Waals surface area contributed by atoms with Crippen LogP contribution in [0.1, 0.15) is 47.8 Å². The fourth-order valence-electron chi connectivity index (χ4n) is 4.47. The van der Waals surface area contributed by atoms with Gasteiger partial charge in [0, 0.05) is 36.4 Å². The van der Waals surface area contributed by atoms with Gasteiger partial charge in [0.25, 0.3) is 5.91 Å². The Labute approximate surface area is 218 Å². The number of fused-ring (bicyclic) bond motifs is 1. The molecule has 7 heteroatoms. The van der Waals surface area contributed by atoms with E-state index in [1.807, 2.05) is 56.3 Å². The first-order valence-electron chi connectivity index (χ1n) is 12.7. The van der Waals surface area contributed by atoms with Crippen molar-refractivity contribution in [3.05, 3.63) is 89.1 Å². The highest BCUT2D eigenvalue weighted by atomic mass is 16.5. The Bertz CT molecular complexity index is 1370. The zero-order valence-corrected chi connectivity index (χ0v) is 21.6. The van der Waals surface area contributed by atoms with Gasteiger partial charge in [0.05, 0.1) is 30.0 Å². The molecule has 0 fully saturated rings. The molecule has 1 heterocycles. The SMILES string of the molecule is CCOc1cc2ncc(C(N)=O)c(Nc3cccc(CNCc4ccccc4)c3CC)c2cc1OCC. The van der Waals surface area contributed by atoms with Crippen LogP contribution in [0.3, 0.4) is 0 Å². The van der Waals surface area contributed by atoms with Crippen LogP contribution < -0.4 is 25.8 Å². The van der Waals surface area contributed by atoms with E-state index in [9.17, 15) is 4.79 Å². The molecule has 0 unspecified atom stereocenters. The van der Waals surface area contributed by atoms with Crippen molar-refractivity contribution in [3.63, 3.8) is 0 Å². The monoisotopic (exact) mass is 498 g/mol. The molecule has 0 aliphatic carbocycles. The molecule has 0 aliphatic heterocycles. The van der Waals surface area contributed by atoms with Gasteiger partial charge in [-0.25, -0.2) is 0 Å². The summed E-state index contributed by atoms with van der Waals surface area (Å²) in [5.74, 6) is 0.656. The first-order chi connectivity index (χ1) is 18.0. The molecule has 0 bridgehead atoms. The number of amides is 1. The summed E-state index contributed by atoms with van der Waals surface area (Å²) < 4.78 is 11.6. The first-order valence-corrected chi connectivity index (χ1v) is 12.7. The first kappa shape index (κ1) is 26.0. The normalized spacial score (nSPS) is 10.9. The van der Waals surface area contributed by atoms with Crippen LogP contribution in [0.15, 0.2) is 66.9 Å². The Hall–Kier alpha value is -4.10. The molecule has 0 radical (unpaired) electrons. The molecule has 0 aliphatic rings. The van der Waals surface area contributed by atoms with Crippen molar-refractivity contribution in [1.82, 2.24) is 10.3 Å². The lowest BCUT2D eigenvalue weighted by Gasteiger charge is -2.19. The van der Waals surface area contributed by atoms with Crippen LogP contribution in [0.25, 0.3) is 10.9 Å². The van der Waals surface area contributed by atoms with Crippen molar-refractivity contribution >= 4 is 28.2 Å². The van der Waals surface area contributed by atoms with Gasteiger partial charge in [0.1, 0.15) is 0 Å². The maximum atomic E-state index is 12.4. The standard InChI is InChI=1S/C30H34N4O3/c1-4-22-21(18-32-17-20-11-8-7-9-12-20)13-10-14-25(22)34-29-23-15-27(36-5-2)28(37-6-3)16-26(23)33-19-24(29)30(31)35/h7-16,19,32H,4-6,17-18H2,1-3H3,(H2,31,35)(H,33,34). The van der Waals surface area contributed by atoms with E-state index in [0.717, 1.165) is 30.6 Å². The van der Waals surface area contributed by atoms with E-state index in [1.165, 1.54) is 22.9 Å². The molecular weight excluding hydrogens is 464 g/mol. The van der Waals surface area contributed by atoms with Gasteiger partial charge in [0.2, 0.25) is 0 Å². The maximum Gasteiger partial charge on any atom is 0.252 e. The molecule has 0 saturated heterocycles. The zero-order valence-electron chi connectivity index (χ0n) is 21.6. The number of carbonyl (C=O) groups is 1. The fourth-order valence-corrected chi connectivity index (χ4v) is 4.47. The molecule has 0 atom stereocenters. The van der Waals surface area contributed by atoms with E-state index in [1.54, 1.807) is 0 Å². The molecule has 0 spiro atoms. The number of carbonyl (C=O) groups excluding carboxylic acids is 1. The Balaban J connectivity index is 1.72. The summed E-state index contributed by atoms with van der Waals surface area (Å²) >= 11 is 0. The van der Waals surface area contributed by atoms with Crippen LogP contribution in [0.4, 0.5) is 11.4 Å². The molecule has 3 aromatic carbocycles. The molecule has 4 aromatic rings. The van der Waals surface area contributed by atoms with Crippen molar-refractivity contribution in [3.8, 4) is 11.5 Å². The van der Waals surface area contributed by atoms with E-state index in [2.05, 4.69) is 40.7 Å². The lowest BCUT2D eigenvalue weighted by atomic mass is 10.0. The van der Waals surface area contributed by atoms with Crippen LogP contribution in [0, 0.1) is 0 Å². The third kappa shape index (κ3) is 6.01. The van der Waals surface area contributed by atoms with Gasteiger partial charge < -0.3 is 25.8 Å². The van der Waals surface area contributed by atoms with Crippen LogP contribution >= 0.6 is 0 Å². The second kappa shape index (κ2) is 12.2. The average molecular weight is 499 g/mol. The minimum Gasteiger partial charge on any atom is -0.490 e. The maximum absolute atomic E-state index is 12.4. The minimum atomic E-state index is -0.553. The number of hydrogen-bond donors (Lipinski definition) is 3. The summed E-state index contributed by atoms with van der Waals surface area (Å²) in [7, 11) is 0. The minimum absolute atomic E-state index is 0.314. The number of nitrogens with zero attached hydrogens (tertiary/aromatic N) is 1. The lowest BCUT2D eigenvalue weighted by Crippen LogP contribution is -2.16. The van der Waals surface area contributed by atoms with Crippen LogP contribution in [-0.2, 0) is 19.5 Å². The number of primary amides is 1. The van der Waals surface area contributed by atoms with Crippen LogP contribution in [0.2, 0.25) is 0 Å². The predicted octanol–water partition coefficient (Wildman–Crippen LogP) is 5.73. The molecule has 0 saturated carbocycles. The topological polar surface area (TPSA) is 98.5 Å². The van der Waals surface area contributed by atoms with Gasteiger partial charge in [-0.1, -0.05) is 49.4 Å². The highest BCUT2D eigenvalue weighted by molar-refractivity contribution is 6.08. The van der Waals surface area contributed by atoms with Gasteiger partial charge in [-0.15, -0.1) is 0 Å². The number of pyridine rings is 1. The van der Waals surface area contributed by atoms with Gasteiger partial charge >= 0.3 is 0 Å². The average Bonchev–Trinajstić information content (AvgIpc) is 2.90. The molecule has 192 valence electrons. The largest absolute Gasteiger partial charge is 0.490 e. The summed E-state index contributed by atoms with van der Waals surface area (Å²) in [6.45, 7) is 8.45. The van der Waals surface area contributed by atoms with Gasteiger partial charge in [-0.2, -0.15) is 0 Å². The third-order valence-electron chi connectivity index (χ3n) is 6.17. The summed E-state index contributed by atoms with van der Waals surface area (Å²) in [5.41, 5.74) is 11.9. The molecule has 4 rings (SSSR count). The Morgan fingerprint density at radius 1 is 0.919 bits per heavy atom. The van der Waals surface area contributed by atoms with Crippen molar-refractivity contribution < 1.29 is 14.3 Å². The number of ether oxygens (including phenoxy) is 2. The zero-order chi connectivity index (χ0) is 26.2. The second-order valence-corrected chi connectivity index (χ2v) is 8.60. The van der Waals surface area contributed by atoms with Crippen LogP contribution in [0.5, 0.6) is 11.5 Å². The molecular formula is C30H34N4O3. The van der Waals surface area contributed by atoms with Crippen molar-refractivity contribution in [1.29, 1.82) is 0 Å². The van der Waals surface area contributed by atoms with E-state index in [-0.39, 0.29) is 0 Å². The molecule has 7 nitrogen and oxygen atoms in total. The Kier molecular flexibility index (Phi) is 8.59. The summed E-state index contributed by atoms with van der Waals surface area (Å²) in [6.07, 6.45) is 2.33. The van der Waals surface area contributed by atoms with Crippen LogP contribution in [-0.4, -0.2) is 24.1 Å². The molecule has 1 amide bonds. The number of aromatic nitrogens is 1. The molecule has 1 aromatic heterocycles. The fraction of sp³-hybridized carbons (Fsp3) is 0.267. The van der Waals surface area contributed by atoms with Crippen molar-refractivity contribution in [2.75, 3.05) is 18.5 Å². The number of nitrogens with two attached hydrogens (primary N) is 1. The van der Waals surface area contributed by atoms with Gasteiger partial charge in [0.15, 0.2) is 11.5 Å². The summed E-state index contributed by atoms with van der Waals surface area (Å²) in [5, 5.41) is 7.80. The van der Waals surface area contributed by atoms with E-state index < -0.39 is 5.91 Å². The summed E-state index contributed by atoms with van der Waals surface area (Å²) in [6, 6.07) is 20.2. The lowest BCUT2D eigenvalue weighted by molar-refractivity contribution is 0.100. The highest BCUT2D eigenvalue weighted by Gasteiger charge is 2.18. The quantitative estimate of drug-likeness (QED) is 0.231. The Morgan fingerprint density at radius 3 is 2.32 bits per heavy atom. The Morgan fingerprint density at radius 2 is 1.65 bits per heavy atom. The van der Waals surface area contributed by atoms with E-state index in [0.29, 0.717) is 41.5 Å². The number of benzene rings is 3. The summed E-state index contributed by atoms with van der Waals surface area (Å²) in [4.78, 5) is 16.9. The smallest absolute Gasteiger partial charge is 0.252 e. The van der Waals surface area contributed by atoms with Gasteiger partial charge in [-0.05, 0) is 49.1 Å². The second-order valence-electron chi connectivity index (χ2n) is 8.60. The van der Waals surface area contributed by atoms with E-state index >= 15 is 0 Å². The number of hydrogen-bond acceptors (Lipinski definition) is 6. The molecule has 37 heavy (non-hydrogen) atoms.